The molecule has 7 heterocycles. The molecule has 0 radical (unpaired) electrons. The van der Waals surface area contributed by atoms with Crippen molar-refractivity contribution in [3.63, 3.8) is 0 Å². The first kappa shape index (κ1) is 33.0. The summed E-state index contributed by atoms with van der Waals surface area (Å²) in [4.78, 5) is 32.0. The number of hydrogen-bond acceptors (Lipinski definition) is 12. The van der Waals surface area contributed by atoms with Gasteiger partial charge < -0.3 is 30.1 Å². The van der Waals surface area contributed by atoms with Crippen molar-refractivity contribution in [1.82, 2.24) is 29.3 Å². The molecule has 0 unspecified atom stereocenters. The number of nitrogens with zero attached hydrogens (tertiary/aromatic N) is 8. The molecule has 3 saturated heterocycles. The summed E-state index contributed by atoms with van der Waals surface area (Å²) >= 11 is 7.86. The molecule has 52 heavy (non-hydrogen) atoms. The van der Waals surface area contributed by atoms with Crippen LogP contribution in [0.1, 0.15) is 31.2 Å². The number of nitriles is 1. The Labute approximate surface area is 302 Å². The number of aromatic nitrogens is 4. The van der Waals surface area contributed by atoms with E-state index >= 15 is 8.78 Å². The molecule has 0 aliphatic carbocycles. The summed E-state index contributed by atoms with van der Waals surface area (Å²) < 4.78 is 60.7. The molecule has 5 aromatic rings. The van der Waals surface area contributed by atoms with E-state index in [1.54, 1.807) is 4.90 Å². The molecule has 4 atom stereocenters. The predicted molar refractivity (Wildman–Crippen MR) is 185 cm³/mol. The zero-order valence-electron chi connectivity index (χ0n) is 27.2. The van der Waals surface area contributed by atoms with Crippen LogP contribution < -0.4 is 20.1 Å². The monoisotopic (exact) mass is 751 g/mol. The van der Waals surface area contributed by atoms with Gasteiger partial charge in [0, 0.05) is 49.3 Å². The number of aliphatic hydroxyl groups excluding tert-OH is 1. The average Bonchev–Trinajstić information content (AvgIpc) is 3.95. The number of hydrogen-bond donors (Lipinski definition) is 2. The van der Waals surface area contributed by atoms with Crippen LogP contribution in [0.2, 0.25) is 5.02 Å². The molecule has 9 rings (SSSR count). The van der Waals surface area contributed by atoms with E-state index in [2.05, 4.69) is 14.9 Å². The molecule has 18 heteroatoms. The molecule has 3 N–H and O–H groups in total. The van der Waals surface area contributed by atoms with Gasteiger partial charge in [-0.1, -0.05) is 17.7 Å². The second kappa shape index (κ2) is 12.1. The summed E-state index contributed by atoms with van der Waals surface area (Å²) in [7, 11) is 0. The first-order valence-corrected chi connectivity index (χ1v) is 17.8. The van der Waals surface area contributed by atoms with Gasteiger partial charge in [-0.2, -0.15) is 15.2 Å². The molecular formula is C34H29ClF3N9O4S. The number of carbonyl (C=O) groups is 1. The van der Waals surface area contributed by atoms with Crippen LogP contribution >= 0.6 is 22.9 Å². The third-order valence-corrected chi connectivity index (χ3v) is 12.0. The van der Waals surface area contributed by atoms with E-state index in [4.69, 9.17) is 31.8 Å². The number of rotatable bonds is 4. The van der Waals surface area contributed by atoms with Crippen LogP contribution in [0, 0.1) is 23.0 Å². The first-order valence-electron chi connectivity index (χ1n) is 16.6. The fraction of sp³-hybridized carbons (Fsp3) is 0.382. The fourth-order valence-electron chi connectivity index (χ4n) is 8.25. The Kier molecular flexibility index (Phi) is 7.67. The van der Waals surface area contributed by atoms with E-state index in [1.807, 2.05) is 6.07 Å². The third-order valence-electron chi connectivity index (χ3n) is 10.6. The van der Waals surface area contributed by atoms with Gasteiger partial charge in [0.1, 0.15) is 47.3 Å². The average molecular weight is 752 g/mol. The number of carbonyl (C=O) groups excluding carboxylic acids is 1. The number of halogens is 4. The van der Waals surface area contributed by atoms with E-state index in [1.165, 1.54) is 34.3 Å². The van der Waals surface area contributed by atoms with Crippen LogP contribution in [0.4, 0.5) is 28.8 Å². The van der Waals surface area contributed by atoms with E-state index in [0.29, 0.717) is 13.0 Å². The van der Waals surface area contributed by atoms with Gasteiger partial charge in [-0.25, -0.2) is 22.9 Å². The molecular weight excluding hydrogens is 723 g/mol. The number of anilines is 2. The van der Waals surface area contributed by atoms with Crippen LogP contribution in [-0.2, 0) is 0 Å². The second-order valence-corrected chi connectivity index (χ2v) is 15.0. The molecule has 1 amide bonds. The molecule has 268 valence electrons. The Balaban J connectivity index is 1.25. The number of benzene rings is 2. The minimum Gasteiger partial charge on any atom is -0.463 e. The summed E-state index contributed by atoms with van der Waals surface area (Å²) in [6, 6.07) is 3.28. The Morgan fingerprint density at radius 1 is 1.27 bits per heavy atom. The van der Waals surface area contributed by atoms with Gasteiger partial charge >= 0.3 is 12.0 Å². The number of amides is 1. The van der Waals surface area contributed by atoms with Crippen molar-refractivity contribution >= 4 is 60.8 Å². The number of alkyl halides is 1. The zero-order valence-corrected chi connectivity index (χ0v) is 28.8. The topological polar surface area (TPSA) is 159 Å². The summed E-state index contributed by atoms with van der Waals surface area (Å²) in [5.74, 6) is -1.63. The van der Waals surface area contributed by atoms with Crippen LogP contribution in [-0.4, -0.2) is 97.4 Å². The summed E-state index contributed by atoms with van der Waals surface area (Å²) in [5, 5.41) is 21.0. The van der Waals surface area contributed by atoms with Crippen molar-refractivity contribution in [1.29, 1.82) is 5.26 Å². The normalized spacial score (nSPS) is 24.1. The lowest BCUT2D eigenvalue weighted by molar-refractivity contribution is -0.0265. The van der Waals surface area contributed by atoms with Gasteiger partial charge in [0.05, 0.1) is 38.9 Å². The van der Waals surface area contributed by atoms with Gasteiger partial charge in [0.15, 0.2) is 17.9 Å². The molecule has 0 saturated carbocycles. The third kappa shape index (κ3) is 4.95. The van der Waals surface area contributed by atoms with Crippen LogP contribution in [0.5, 0.6) is 11.8 Å². The van der Waals surface area contributed by atoms with Crippen molar-refractivity contribution in [2.45, 2.75) is 49.7 Å². The quantitative estimate of drug-likeness (QED) is 0.247. The van der Waals surface area contributed by atoms with Crippen molar-refractivity contribution in [3.8, 4) is 29.0 Å². The Bertz CT molecular complexity index is 2340. The van der Waals surface area contributed by atoms with Gasteiger partial charge in [0.25, 0.3) is 0 Å². The minimum absolute atomic E-state index is 0.00568. The number of nitrogens with two attached hydrogens (primary N) is 1. The lowest BCUT2D eigenvalue weighted by atomic mass is 9.95. The SMILES string of the molecule is N#Cc1c(N)sc2c(F)ccc(-c3c(Cl)c4c5c(nc(OC[C@@]67CCCN6C[C@H](F)C7)nc5c3F)N3CN(C(=O)n5ccnc5)C[C@@H]3C[C@H](O)O4)c12. The summed E-state index contributed by atoms with van der Waals surface area (Å²) in [6.07, 6.45) is 3.74. The van der Waals surface area contributed by atoms with E-state index in [-0.39, 0.29) is 104 Å². The van der Waals surface area contributed by atoms with Gasteiger partial charge in [-0.05, 0) is 31.0 Å². The van der Waals surface area contributed by atoms with E-state index in [9.17, 15) is 19.6 Å². The Morgan fingerprint density at radius 2 is 2.12 bits per heavy atom. The summed E-state index contributed by atoms with van der Waals surface area (Å²) in [6.45, 7) is 1.22. The van der Waals surface area contributed by atoms with Crippen LogP contribution in [0.15, 0.2) is 30.9 Å². The highest BCUT2D eigenvalue weighted by atomic mass is 35.5. The number of fused-ring (bicyclic) bond motifs is 4. The van der Waals surface area contributed by atoms with Crippen molar-refractivity contribution in [2.24, 2.45) is 0 Å². The molecule has 4 aliphatic rings. The largest absolute Gasteiger partial charge is 0.463 e. The predicted octanol–water partition coefficient (Wildman–Crippen LogP) is 5.27. The zero-order chi connectivity index (χ0) is 36.1. The van der Waals surface area contributed by atoms with Crippen LogP contribution in [0.3, 0.4) is 0 Å². The van der Waals surface area contributed by atoms with Crippen LogP contribution in [0.25, 0.3) is 32.1 Å². The maximum atomic E-state index is 17.4. The fourth-order valence-corrected chi connectivity index (χ4v) is 9.53. The standard InChI is InChI=1S/C34H29ClF3N9O4S/c35-25-23(18-2-3-20(37)29-22(18)19(10-39)30(40)52-29)26(38)27-24-28(25)51-21(48)8-17-12-45(33(49)44-7-5-41-14-44)15-47(17)31(24)43-32(42-27)50-13-34-4-1-6-46(34)11-16(36)9-34/h2-3,5,7,14,16-17,21,48H,1,4,6,8-9,11-13,15,40H2/t16-,17+,21-,34+/m1/s1. The first-order chi connectivity index (χ1) is 25.1. The van der Waals surface area contributed by atoms with Gasteiger partial charge in [-0.15, -0.1) is 11.3 Å². The van der Waals surface area contributed by atoms with Gasteiger partial charge in [-0.3, -0.25) is 9.47 Å². The highest BCUT2D eigenvalue weighted by Gasteiger charge is 2.50. The lowest BCUT2D eigenvalue weighted by Crippen LogP contribution is -2.43. The molecule has 3 fully saturated rings. The van der Waals surface area contributed by atoms with E-state index < -0.39 is 35.7 Å². The highest BCUT2D eigenvalue weighted by molar-refractivity contribution is 7.23. The number of aliphatic hydroxyl groups is 1. The maximum Gasteiger partial charge on any atom is 0.330 e. The highest BCUT2D eigenvalue weighted by Crippen LogP contribution is 2.51. The molecule has 2 aromatic carbocycles. The second-order valence-electron chi connectivity index (χ2n) is 13.5. The minimum atomic E-state index is -1.47. The number of nitrogen functional groups attached to an aromatic ring is 1. The Morgan fingerprint density at radius 3 is 2.90 bits per heavy atom. The smallest absolute Gasteiger partial charge is 0.330 e. The Hall–Kier alpha value is -4.89. The van der Waals surface area contributed by atoms with Crippen molar-refractivity contribution in [3.05, 3.63) is 53.1 Å². The maximum absolute atomic E-state index is 17.4. The summed E-state index contributed by atoms with van der Waals surface area (Å²) in [5.41, 5.74) is 4.97. The van der Waals surface area contributed by atoms with Crippen molar-refractivity contribution < 1.29 is 32.5 Å². The molecule has 3 aromatic heterocycles. The van der Waals surface area contributed by atoms with Gasteiger partial charge in [0.2, 0.25) is 0 Å². The molecule has 4 aliphatic heterocycles. The number of imidazole rings is 1. The molecule has 13 nitrogen and oxygen atoms in total. The van der Waals surface area contributed by atoms with Crippen molar-refractivity contribution in [2.75, 3.05) is 43.5 Å². The molecule has 0 spiro atoms. The number of ether oxygens (including phenoxy) is 2. The van der Waals surface area contributed by atoms with E-state index in [0.717, 1.165) is 30.4 Å². The number of thiophene rings is 1. The lowest BCUT2D eigenvalue weighted by Gasteiger charge is -2.32. The molecule has 0 bridgehead atoms.